The van der Waals surface area contributed by atoms with Gasteiger partial charge in [0.1, 0.15) is 5.69 Å². The van der Waals surface area contributed by atoms with Crippen molar-refractivity contribution in [3.05, 3.63) is 58.1 Å². The lowest BCUT2D eigenvalue weighted by molar-refractivity contribution is -0.384. The Hall–Kier alpha value is -2.98. The Morgan fingerprint density at radius 1 is 1.03 bits per heavy atom. The normalized spacial score (nSPS) is 18.0. The van der Waals surface area contributed by atoms with E-state index >= 15 is 0 Å². The zero-order valence-electron chi connectivity index (χ0n) is 19.3. The lowest BCUT2D eigenvalue weighted by Gasteiger charge is -2.32. The average molecular weight is 487 g/mol. The van der Waals surface area contributed by atoms with Crippen LogP contribution in [0.15, 0.2) is 47.4 Å². The number of carbonyl (C=O) groups is 1. The summed E-state index contributed by atoms with van der Waals surface area (Å²) in [6.07, 6.45) is 3.88. The fraction of sp³-hybridized carbons (Fsp3) is 0.458. The Morgan fingerprint density at radius 2 is 1.71 bits per heavy atom. The lowest BCUT2D eigenvalue weighted by atomic mass is 9.95. The molecule has 4 rings (SSSR count). The van der Waals surface area contributed by atoms with Crippen molar-refractivity contribution in [2.45, 2.75) is 43.9 Å². The van der Waals surface area contributed by atoms with E-state index in [0.717, 1.165) is 19.3 Å². The molecule has 2 fully saturated rings. The molecule has 2 saturated heterocycles. The summed E-state index contributed by atoms with van der Waals surface area (Å²) in [5, 5.41) is 14.2. The Labute approximate surface area is 200 Å². The number of hydrogen-bond donors (Lipinski definition) is 1. The predicted molar refractivity (Wildman–Crippen MR) is 130 cm³/mol. The van der Waals surface area contributed by atoms with Gasteiger partial charge in [-0.1, -0.05) is 24.6 Å². The molecule has 10 heteroatoms. The molecule has 0 spiro atoms. The summed E-state index contributed by atoms with van der Waals surface area (Å²) in [7, 11) is -3.60. The quantitative estimate of drug-likeness (QED) is 0.489. The van der Waals surface area contributed by atoms with Gasteiger partial charge >= 0.3 is 0 Å². The van der Waals surface area contributed by atoms with Crippen LogP contribution in [-0.4, -0.2) is 49.7 Å². The van der Waals surface area contributed by atoms with Gasteiger partial charge in [0.2, 0.25) is 15.9 Å². The van der Waals surface area contributed by atoms with Gasteiger partial charge in [0.25, 0.3) is 5.69 Å². The summed E-state index contributed by atoms with van der Waals surface area (Å²) in [5.74, 6) is -0.408. The molecule has 1 amide bonds. The number of carbonyl (C=O) groups excluding carboxylic acids is 1. The summed E-state index contributed by atoms with van der Waals surface area (Å²) in [4.78, 5) is 26.1. The first-order valence-electron chi connectivity index (χ1n) is 11.7. The van der Waals surface area contributed by atoms with Gasteiger partial charge in [-0.3, -0.25) is 14.9 Å². The summed E-state index contributed by atoms with van der Waals surface area (Å²) in [5.41, 5.74) is 1.75. The number of aryl methyl sites for hydroxylation is 1. The molecule has 0 aromatic heterocycles. The zero-order valence-corrected chi connectivity index (χ0v) is 20.1. The minimum atomic E-state index is -3.60. The molecule has 0 saturated carbocycles. The molecular weight excluding hydrogens is 456 g/mol. The summed E-state index contributed by atoms with van der Waals surface area (Å²) < 4.78 is 27.8. The first-order chi connectivity index (χ1) is 16.3. The number of anilines is 2. The number of rotatable bonds is 6. The van der Waals surface area contributed by atoms with Gasteiger partial charge < -0.3 is 10.2 Å². The van der Waals surface area contributed by atoms with Crippen LogP contribution in [0.3, 0.4) is 0 Å². The van der Waals surface area contributed by atoms with Gasteiger partial charge in [-0.2, -0.15) is 4.31 Å². The van der Waals surface area contributed by atoms with E-state index in [1.54, 1.807) is 43.3 Å². The van der Waals surface area contributed by atoms with E-state index in [2.05, 4.69) is 5.32 Å². The van der Waals surface area contributed by atoms with Crippen molar-refractivity contribution >= 4 is 33.0 Å². The second kappa shape index (κ2) is 10.1. The largest absolute Gasteiger partial charge is 0.366 e. The third-order valence-electron chi connectivity index (χ3n) is 6.67. The Balaban J connectivity index is 1.42. The SMILES string of the molecule is Cc1ccc(NC(=O)C2CCN(c3ccccc3[N+](=O)[O-])CC2)cc1S(=O)(=O)N1CCCCC1. The second-order valence-electron chi connectivity index (χ2n) is 8.94. The van der Waals surface area contributed by atoms with Crippen molar-refractivity contribution in [3.63, 3.8) is 0 Å². The van der Waals surface area contributed by atoms with E-state index in [9.17, 15) is 23.3 Å². The van der Waals surface area contributed by atoms with Crippen molar-refractivity contribution in [1.29, 1.82) is 0 Å². The van der Waals surface area contributed by atoms with Crippen LogP contribution in [-0.2, 0) is 14.8 Å². The Kier molecular flexibility index (Phi) is 7.18. The first-order valence-corrected chi connectivity index (χ1v) is 13.1. The standard InChI is InChI=1S/C24H30N4O5S/c1-18-9-10-20(17-23(18)34(32,33)27-13-5-2-6-14-27)25-24(29)19-11-15-26(16-12-19)21-7-3-4-8-22(21)28(30)31/h3-4,7-10,17,19H,2,5-6,11-16H2,1H3,(H,25,29). The van der Waals surface area contributed by atoms with Crippen LogP contribution in [0.2, 0.25) is 0 Å². The molecule has 0 bridgehead atoms. The summed E-state index contributed by atoms with van der Waals surface area (Å²) >= 11 is 0. The van der Waals surface area contributed by atoms with E-state index in [1.807, 2.05) is 4.90 Å². The molecule has 2 aromatic carbocycles. The molecule has 0 radical (unpaired) electrons. The molecule has 0 aliphatic carbocycles. The number of para-hydroxylation sites is 2. The highest BCUT2D eigenvalue weighted by atomic mass is 32.2. The van der Waals surface area contributed by atoms with Crippen molar-refractivity contribution in [3.8, 4) is 0 Å². The molecule has 2 aromatic rings. The molecule has 2 aliphatic rings. The second-order valence-corrected chi connectivity index (χ2v) is 10.8. The maximum absolute atomic E-state index is 13.2. The van der Waals surface area contributed by atoms with Crippen LogP contribution < -0.4 is 10.2 Å². The van der Waals surface area contributed by atoms with E-state index in [1.165, 1.54) is 10.4 Å². The summed E-state index contributed by atoms with van der Waals surface area (Å²) in [6.45, 7) is 3.88. The topological polar surface area (TPSA) is 113 Å². The fourth-order valence-electron chi connectivity index (χ4n) is 4.71. The van der Waals surface area contributed by atoms with E-state index in [4.69, 9.17) is 0 Å². The van der Waals surface area contributed by atoms with Crippen molar-refractivity contribution in [2.75, 3.05) is 36.4 Å². The third-order valence-corrected chi connectivity index (χ3v) is 8.71. The van der Waals surface area contributed by atoms with Crippen LogP contribution >= 0.6 is 0 Å². The van der Waals surface area contributed by atoms with Gasteiger partial charge in [-0.05, 0) is 56.4 Å². The minimum Gasteiger partial charge on any atom is -0.366 e. The van der Waals surface area contributed by atoms with Crippen LogP contribution in [0.25, 0.3) is 0 Å². The Morgan fingerprint density at radius 3 is 2.38 bits per heavy atom. The van der Waals surface area contributed by atoms with E-state index in [-0.39, 0.29) is 27.3 Å². The number of nitrogens with one attached hydrogen (secondary N) is 1. The Bertz CT molecular complexity index is 1170. The number of benzene rings is 2. The van der Waals surface area contributed by atoms with Crippen molar-refractivity contribution in [1.82, 2.24) is 4.31 Å². The molecule has 9 nitrogen and oxygen atoms in total. The van der Waals surface area contributed by atoms with Crippen LogP contribution in [0.4, 0.5) is 17.1 Å². The molecule has 0 unspecified atom stereocenters. The number of nitro benzene ring substituents is 1. The van der Waals surface area contributed by atoms with Crippen LogP contribution in [0.1, 0.15) is 37.7 Å². The molecule has 0 atom stereocenters. The molecular formula is C24H30N4O5S. The molecule has 182 valence electrons. The van der Waals surface area contributed by atoms with Crippen LogP contribution in [0, 0.1) is 23.0 Å². The van der Waals surface area contributed by atoms with Gasteiger partial charge in [-0.15, -0.1) is 0 Å². The third kappa shape index (κ3) is 5.07. The maximum atomic E-state index is 13.2. The molecule has 2 aliphatic heterocycles. The van der Waals surface area contributed by atoms with Gasteiger partial charge in [-0.25, -0.2) is 8.42 Å². The number of piperidine rings is 2. The number of nitrogens with zero attached hydrogens (tertiary/aromatic N) is 3. The number of amides is 1. The van der Waals surface area contributed by atoms with E-state index in [0.29, 0.717) is 56.0 Å². The van der Waals surface area contributed by atoms with Crippen molar-refractivity contribution < 1.29 is 18.1 Å². The molecule has 1 N–H and O–H groups in total. The maximum Gasteiger partial charge on any atom is 0.292 e. The van der Waals surface area contributed by atoms with E-state index < -0.39 is 10.0 Å². The highest BCUT2D eigenvalue weighted by Gasteiger charge is 2.30. The summed E-state index contributed by atoms with van der Waals surface area (Å²) in [6, 6.07) is 11.6. The van der Waals surface area contributed by atoms with Crippen molar-refractivity contribution in [2.24, 2.45) is 5.92 Å². The predicted octanol–water partition coefficient (Wildman–Crippen LogP) is 3.93. The smallest absolute Gasteiger partial charge is 0.292 e. The van der Waals surface area contributed by atoms with Gasteiger partial charge in [0, 0.05) is 43.9 Å². The van der Waals surface area contributed by atoms with Gasteiger partial charge in [0.05, 0.1) is 9.82 Å². The monoisotopic (exact) mass is 486 g/mol. The molecule has 34 heavy (non-hydrogen) atoms. The fourth-order valence-corrected chi connectivity index (χ4v) is 6.48. The van der Waals surface area contributed by atoms with Crippen LogP contribution in [0.5, 0.6) is 0 Å². The highest BCUT2D eigenvalue weighted by Crippen LogP contribution is 2.32. The molecule has 2 heterocycles. The first kappa shape index (κ1) is 24.2. The lowest BCUT2D eigenvalue weighted by Crippen LogP contribution is -2.38. The van der Waals surface area contributed by atoms with Gasteiger partial charge in [0.15, 0.2) is 0 Å². The highest BCUT2D eigenvalue weighted by molar-refractivity contribution is 7.89. The minimum absolute atomic E-state index is 0.0625. The zero-order chi connectivity index (χ0) is 24.3. The number of hydrogen-bond acceptors (Lipinski definition) is 6. The number of nitro groups is 1. The number of sulfonamides is 1. The average Bonchev–Trinajstić information content (AvgIpc) is 2.85.